The Kier molecular flexibility index (Phi) is 14.4. The van der Waals surface area contributed by atoms with Crippen molar-refractivity contribution in [1.29, 1.82) is 10.8 Å². The highest BCUT2D eigenvalue weighted by Crippen LogP contribution is 2.51. The van der Waals surface area contributed by atoms with Crippen LogP contribution < -0.4 is 16.4 Å². The van der Waals surface area contributed by atoms with Crippen LogP contribution in [0.25, 0.3) is 0 Å². The van der Waals surface area contributed by atoms with Crippen molar-refractivity contribution in [3.8, 4) is 0 Å². The Morgan fingerprint density at radius 3 is 1.81 bits per heavy atom. The van der Waals surface area contributed by atoms with Gasteiger partial charge in [0.2, 0.25) is 0 Å². The van der Waals surface area contributed by atoms with E-state index in [-0.39, 0.29) is 24.3 Å². The van der Waals surface area contributed by atoms with Crippen LogP contribution in [0.4, 0.5) is 0 Å². The van der Waals surface area contributed by atoms with E-state index in [1.807, 2.05) is 0 Å². The lowest BCUT2D eigenvalue weighted by atomic mass is 10.3. The summed E-state index contributed by atoms with van der Waals surface area (Å²) in [7, 11) is -9.10. The quantitative estimate of drug-likeness (QED) is 0.132. The molecule has 10 N–H and O–H groups in total. The zero-order valence-electron chi connectivity index (χ0n) is 11.3. The van der Waals surface area contributed by atoms with E-state index in [4.69, 9.17) is 36.1 Å². The smallest absolute Gasteiger partial charge is 0.337 e. The fourth-order valence-electron chi connectivity index (χ4n) is 0.809. The lowest BCUT2D eigenvalue weighted by Gasteiger charge is -2.06. The summed E-state index contributed by atoms with van der Waals surface area (Å²) in [5, 5.41) is 19.0. The summed E-state index contributed by atoms with van der Waals surface area (Å²) in [4.78, 5) is 31.9. The molecule has 0 rings (SSSR count). The Balaban J connectivity index is -0.000000300. The van der Waals surface area contributed by atoms with Gasteiger partial charge in [0.05, 0.1) is 0 Å². The normalized spacial score (nSPS) is 10.5. The van der Waals surface area contributed by atoms with Crippen LogP contribution in [0.15, 0.2) is 0 Å². The molecule has 0 atom stereocenters. The summed E-state index contributed by atoms with van der Waals surface area (Å²) in [6, 6.07) is 0. The highest BCUT2D eigenvalue weighted by molar-refractivity contribution is 7.69. The van der Waals surface area contributed by atoms with Gasteiger partial charge in [-0.25, -0.2) is 0 Å². The number of halogens is 1. The first-order valence-electron chi connectivity index (χ1n) is 5.40. The molecule has 0 unspecified atom stereocenters. The molecule has 14 heteroatoms. The number of nitrogens with one attached hydrogen (secondary N) is 4. The van der Waals surface area contributed by atoms with Gasteiger partial charge in [0, 0.05) is 6.54 Å². The Labute approximate surface area is 128 Å². The van der Waals surface area contributed by atoms with Gasteiger partial charge in [0.15, 0.2) is 17.8 Å². The molecular weight excluding hydrogens is 348 g/mol. The molecule has 0 saturated carbocycles. The van der Waals surface area contributed by atoms with E-state index in [9.17, 15) is 9.13 Å². The predicted molar refractivity (Wildman–Crippen MR) is 81.9 cm³/mol. The van der Waals surface area contributed by atoms with Gasteiger partial charge in [-0.3, -0.25) is 25.3 Å². The average Bonchev–Trinajstić information content (AvgIpc) is 2.11. The zero-order valence-corrected chi connectivity index (χ0v) is 13.9. The van der Waals surface area contributed by atoms with Gasteiger partial charge in [-0.2, -0.15) is 0 Å². The fraction of sp³-hybridized carbons (Fsp3) is 0.714. The second-order valence-electron chi connectivity index (χ2n) is 3.66. The van der Waals surface area contributed by atoms with E-state index >= 15 is 0 Å². The van der Waals surface area contributed by atoms with Gasteiger partial charge in [-0.15, -0.1) is 12.4 Å². The van der Waals surface area contributed by atoms with Crippen LogP contribution in [0.2, 0.25) is 0 Å². The first-order chi connectivity index (χ1) is 8.87. The maximum absolute atomic E-state index is 9.85. The van der Waals surface area contributed by atoms with Crippen LogP contribution in [-0.4, -0.2) is 43.9 Å². The largest absolute Gasteiger partial charge is 0.370 e. The monoisotopic (exact) mass is 369 g/mol. The third kappa shape index (κ3) is 28.3. The standard InChI is InChI=1S/C6H15N5.CH6O6P2.ClH/c1-2-3-4-10-6(9)11-5(7)8;2-8(3,4)1-9(5,6)7;/h2-4H2,1H3,(H6,7,8,9,10,11);1H2,(H2,2,3,4)(H2,5,6,7);1H. The summed E-state index contributed by atoms with van der Waals surface area (Å²) in [5.41, 5.74) is 4.99. The first-order valence-corrected chi connectivity index (χ1v) is 8.99. The number of hydrogen-bond donors (Lipinski definition) is 9. The van der Waals surface area contributed by atoms with E-state index in [0.29, 0.717) is 0 Å². The van der Waals surface area contributed by atoms with Crippen molar-refractivity contribution in [3.63, 3.8) is 0 Å². The summed E-state index contributed by atoms with van der Waals surface area (Å²) in [5.74, 6) is -1.50. The lowest BCUT2D eigenvalue weighted by molar-refractivity contribution is 0.357. The minimum absolute atomic E-state index is 0. The molecule has 0 radical (unpaired) electrons. The molecule has 0 aromatic carbocycles. The zero-order chi connectivity index (χ0) is 16.4. The van der Waals surface area contributed by atoms with Gasteiger partial charge in [0.25, 0.3) is 0 Å². The van der Waals surface area contributed by atoms with Crippen LogP contribution in [0, 0.1) is 10.8 Å². The molecule has 0 heterocycles. The van der Waals surface area contributed by atoms with Crippen molar-refractivity contribution in [1.82, 2.24) is 10.6 Å². The second kappa shape index (κ2) is 11.9. The van der Waals surface area contributed by atoms with Crippen LogP contribution in [-0.2, 0) is 9.13 Å². The molecular formula is C7H22ClN5O6P2. The molecule has 128 valence electrons. The molecule has 21 heavy (non-hydrogen) atoms. The van der Waals surface area contributed by atoms with E-state index < -0.39 is 21.1 Å². The molecule has 0 bridgehead atoms. The Morgan fingerprint density at radius 2 is 1.57 bits per heavy atom. The molecule has 0 aromatic heterocycles. The Hall–Kier alpha value is -0.670. The van der Waals surface area contributed by atoms with Gasteiger partial charge < -0.3 is 30.6 Å². The van der Waals surface area contributed by atoms with E-state index in [1.54, 1.807) is 0 Å². The summed E-state index contributed by atoms with van der Waals surface area (Å²) in [6.07, 6.45) is 2.10. The fourth-order valence-corrected chi connectivity index (χ4v) is 2.73. The first kappa shape index (κ1) is 25.3. The van der Waals surface area contributed by atoms with Crippen molar-refractivity contribution < 1.29 is 28.7 Å². The third-order valence-electron chi connectivity index (χ3n) is 1.46. The van der Waals surface area contributed by atoms with Gasteiger partial charge in [0.1, 0.15) is 0 Å². The maximum atomic E-state index is 9.85. The number of rotatable bonds is 5. The topological polar surface area (TPSA) is 213 Å². The Bertz CT molecular complexity index is 390. The van der Waals surface area contributed by atoms with Crippen molar-refractivity contribution in [3.05, 3.63) is 0 Å². The third-order valence-corrected chi connectivity index (χ3v) is 4.41. The molecule has 0 spiro atoms. The van der Waals surface area contributed by atoms with E-state index in [1.165, 1.54) is 0 Å². The van der Waals surface area contributed by atoms with Crippen LogP contribution in [0.5, 0.6) is 0 Å². The number of hydrogen-bond acceptors (Lipinski definition) is 4. The molecule has 0 aliphatic heterocycles. The number of nitrogens with two attached hydrogens (primary N) is 1. The number of unbranched alkanes of at least 4 members (excludes halogenated alkanes) is 1. The molecule has 0 fully saturated rings. The number of guanidine groups is 2. The minimum Gasteiger partial charge on any atom is -0.370 e. The average molecular weight is 370 g/mol. The second-order valence-corrected chi connectivity index (χ2v) is 7.45. The van der Waals surface area contributed by atoms with E-state index in [0.717, 1.165) is 19.4 Å². The molecule has 0 saturated heterocycles. The van der Waals surface area contributed by atoms with Crippen LogP contribution >= 0.6 is 27.6 Å². The predicted octanol–water partition coefficient (Wildman–Crippen LogP) is -0.485. The molecule has 0 amide bonds. The molecule has 0 aromatic rings. The van der Waals surface area contributed by atoms with Crippen molar-refractivity contribution >= 4 is 39.5 Å². The molecule has 0 aliphatic carbocycles. The molecule has 11 nitrogen and oxygen atoms in total. The van der Waals surface area contributed by atoms with Crippen molar-refractivity contribution in [2.75, 3.05) is 12.4 Å². The summed E-state index contributed by atoms with van der Waals surface area (Å²) < 4.78 is 19.7. The van der Waals surface area contributed by atoms with Gasteiger partial charge in [-0.1, -0.05) is 13.3 Å². The summed E-state index contributed by atoms with van der Waals surface area (Å²) >= 11 is 0. The highest BCUT2D eigenvalue weighted by atomic mass is 35.5. The minimum atomic E-state index is -4.55. The van der Waals surface area contributed by atoms with Gasteiger partial charge in [-0.05, 0) is 6.42 Å². The maximum Gasteiger partial charge on any atom is 0.337 e. The van der Waals surface area contributed by atoms with Crippen LogP contribution in [0.3, 0.4) is 0 Å². The van der Waals surface area contributed by atoms with Gasteiger partial charge >= 0.3 is 15.2 Å². The van der Waals surface area contributed by atoms with Crippen LogP contribution in [0.1, 0.15) is 19.8 Å². The van der Waals surface area contributed by atoms with Crippen molar-refractivity contribution in [2.24, 2.45) is 5.73 Å². The summed E-state index contributed by atoms with van der Waals surface area (Å²) in [6.45, 7) is 2.82. The SMILES string of the molecule is CCCCNC(=N)NC(=N)N.Cl.O=P(O)(O)CP(=O)(O)O. The van der Waals surface area contributed by atoms with E-state index in [2.05, 4.69) is 17.6 Å². The highest BCUT2D eigenvalue weighted by Gasteiger charge is 2.26. The molecule has 0 aliphatic rings. The Morgan fingerprint density at radius 1 is 1.14 bits per heavy atom. The van der Waals surface area contributed by atoms with Crippen molar-refractivity contribution in [2.45, 2.75) is 19.8 Å². The lowest BCUT2D eigenvalue weighted by Crippen LogP contribution is -2.43.